The highest BCUT2D eigenvalue weighted by atomic mass is 16.7. The van der Waals surface area contributed by atoms with Crippen LogP contribution in [0.4, 0.5) is 4.79 Å². The van der Waals surface area contributed by atoms with Crippen molar-refractivity contribution < 1.29 is 73.0 Å². The zero-order valence-electron chi connectivity index (χ0n) is 34.4. The molecule has 4 saturated carbocycles. The molecule has 0 unspecified atom stereocenters. The minimum absolute atomic E-state index is 0.0429. The Morgan fingerprint density at radius 2 is 1.43 bits per heavy atom. The number of cyclic esters (lactones) is 1. The molecule has 16 heteroatoms. The summed E-state index contributed by atoms with van der Waals surface area (Å²) in [6.07, 6.45) is -3.54. The first-order chi connectivity index (χ1) is 27.4. The maximum absolute atomic E-state index is 12.6. The third kappa shape index (κ3) is 7.43. The summed E-state index contributed by atoms with van der Waals surface area (Å²) in [6, 6.07) is 0. The van der Waals surface area contributed by atoms with Crippen molar-refractivity contribution in [3.63, 3.8) is 0 Å². The fourth-order valence-electron chi connectivity index (χ4n) is 13.0. The smallest absolute Gasteiger partial charge is 0.404 e. The highest BCUT2D eigenvalue weighted by Gasteiger charge is 2.71. The van der Waals surface area contributed by atoms with Gasteiger partial charge >= 0.3 is 12.1 Å². The van der Waals surface area contributed by atoms with Gasteiger partial charge in [-0.1, -0.05) is 13.8 Å². The van der Waals surface area contributed by atoms with Gasteiger partial charge in [-0.2, -0.15) is 0 Å². The predicted octanol–water partition coefficient (Wildman–Crippen LogP) is 2.32. The van der Waals surface area contributed by atoms with Gasteiger partial charge in [0.05, 0.1) is 48.3 Å². The van der Waals surface area contributed by atoms with Crippen molar-refractivity contribution in [1.29, 1.82) is 0 Å². The summed E-state index contributed by atoms with van der Waals surface area (Å²) < 4.78 is 48.0. The molecule has 7 fully saturated rings. The Morgan fingerprint density at radius 3 is 2.09 bits per heavy atom. The Morgan fingerprint density at radius 1 is 0.776 bits per heavy atom. The molecule has 16 nitrogen and oxygen atoms in total. The largest absolute Gasteiger partial charge is 0.458 e. The molecule has 1 amide bonds. The van der Waals surface area contributed by atoms with Crippen molar-refractivity contribution in [3.05, 3.63) is 11.6 Å². The normalized spacial score (nSPS) is 53.1. The lowest BCUT2D eigenvalue weighted by molar-refractivity contribution is -0.335. The van der Waals surface area contributed by atoms with Crippen LogP contribution in [0.5, 0.6) is 0 Å². The molecule has 8 aliphatic rings. The van der Waals surface area contributed by atoms with E-state index in [1.54, 1.807) is 26.8 Å². The number of carbonyl (C=O) groups excluding carboxylic acids is 2. The van der Waals surface area contributed by atoms with E-state index < -0.39 is 97.0 Å². The van der Waals surface area contributed by atoms with E-state index in [-0.39, 0.29) is 61.1 Å². The van der Waals surface area contributed by atoms with E-state index in [0.717, 1.165) is 44.1 Å². The summed E-state index contributed by atoms with van der Waals surface area (Å²) in [4.78, 5) is 24.1. The van der Waals surface area contributed by atoms with Crippen LogP contribution >= 0.6 is 0 Å². The Bertz CT molecular complexity index is 1540. The number of aliphatic hydroxyl groups excluding tert-OH is 4. The lowest BCUT2D eigenvalue weighted by Gasteiger charge is -2.65. The van der Waals surface area contributed by atoms with E-state index in [9.17, 15) is 35.1 Å². The third-order valence-corrected chi connectivity index (χ3v) is 16.2. The molecule has 0 spiro atoms. The molecule has 4 aliphatic carbocycles. The van der Waals surface area contributed by atoms with Gasteiger partial charge in [0, 0.05) is 30.8 Å². The van der Waals surface area contributed by atoms with Gasteiger partial charge in [-0.05, 0) is 107 Å². The average Bonchev–Trinajstić information content (AvgIpc) is 3.70. The molecule has 0 aromatic rings. The molecule has 328 valence electrons. The number of nitrogens with two attached hydrogens (primary N) is 1. The highest BCUT2D eigenvalue weighted by Crippen LogP contribution is 2.70. The maximum atomic E-state index is 12.6. The number of aliphatic hydroxyl groups is 5. The minimum atomic E-state index is -1.04. The van der Waals surface area contributed by atoms with Crippen LogP contribution in [-0.4, -0.2) is 136 Å². The third-order valence-electron chi connectivity index (χ3n) is 16.2. The summed E-state index contributed by atoms with van der Waals surface area (Å²) in [7, 11) is 0. The van der Waals surface area contributed by atoms with Gasteiger partial charge in [-0.25, -0.2) is 9.59 Å². The zero-order valence-corrected chi connectivity index (χ0v) is 34.4. The molecule has 7 N–H and O–H groups in total. The first kappa shape index (κ1) is 42.7. The number of esters is 1. The van der Waals surface area contributed by atoms with Crippen molar-refractivity contribution >= 4 is 12.1 Å². The molecule has 0 aromatic heterocycles. The first-order valence-corrected chi connectivity index (χ1v) is 21.6. The molecule has 0 bridgehead atoms. The van der Waals surface area contributed by atoms with Gasteiger partial charge in [0.1, 0.15) is 31.0 Å². The van der Waals surface area contributed by atoms with Gasteiger partial charge in [0.2, 0.25) is 0 Å². The van der Waals surface area contributed by atoms with Crippen LogP contribution < -0.4 is 5.73 Å². The SMILES string of the molecule is C[C@H]1O[C@@H](O[C@H]2[C@@H](O)C[C@H](O[C@H]3[C@@H](OC(N)=O)C[C@H](O[C@H]4CC[C@@]5(C)[C@H](CC[C@@H]6[C@@H]5C[C@@H](O)[C@]5(C)[C@@H](C7=CC(=O)OC7)CC[C@]65O)C4)O[C@@H]3C)O[C@@H]2C)C[C@H](O)[C@@H]1O. The van der Waals surface area contributed by atoms with E-state index in [4.69, 9.17) is 43.6 Å². The molecule has 58 heavy (non-hydrogen) atoms. The lowest BCUT2D eigenvalue weighted by Crippen LogP contribution is -2.67. The first-order valence-electron chi connectivity index (χ1n) is 21.6. The van der Waals surface area contributed by atoms with Crippen LogP contribution in [0, 0.1) is 34.5 Å². The summed E-state index contributed by atoms with van der Waals surface area (Å²) in [5.41, 5.74) is 4.53. The number of primary amides is 1. The van der Waals surface area contributed by atoms with E-state index in [0.29, 0.717) is 18.8 Å². The van der Waals surface area contributed by atoms with Gasteiger partial charge in [0.25, 0.3) is 0 Å². The zero-order chi connectivity index (χ0) is 41.5. The summed E-state index contributed by atoms with van der Waals surface area (Å²) in [6.45, 7) is 9.77. The molecule has 4 heterocycles. The second-order valence-electron chi connectivity index (χ2n) is 19.2. The Kier molecular flexibility index (Phi) is 11.8. The van der Waals surface area contributed by atoms with E-state index in [1.165, 1.54) is 0 Å². The standard InChI is InChI=1S/C42H65NO15/c1-19-36(48)28(44)15-33(52-19)57-37-20(2)53-34(16-29(37)45)58-38-21(3)54-35(17-30(38)56-39(43)49)55-24-8-10-40(4)23(13-24)6-7-26-27(40)14-31(46)41(5)25(9-11-42(26,41)50)22-12-32(47)51-18-22/h12,19-21,23-31,33-38,44-46,48,50H,6-11,13-18H2,1-5H3,(H2,43,49)/t19-,20-,21-,23-,24+,25-,26-,27+,28+,29+,30+,31-,33+,34+,35+,36-,37-,38-,40+,41+,42+/m1/s1. The van der Waals surface area contributed by atoms with Gasteiger partial charge in [-0.3, -0.25) is 0 Å². The van der Waals surface area contributed by atoms with Crippen LogP contribution in [0.1, 0.15) is 105 Å². The van der Waals surface area contributed by atoms with Crippen LogP contribution in [0.15, 0.2) is 11.6 Å². The van der Waals surface area contributed by atoms with Crippen LogP contribution in [0.2, 0.25) is 0 Å². The van der Waals surface area contributed by atoms with Crippen LogP contribution in [-0.2, 0) is 42.7 Å². The van der Waals surface area contributed by atoms with Gasteiger partial charge in [-0.15, -0.1) is 0 Å². The maximum Gasteiger partial charge on any atom is 0.404 e. The van der Waals surface area contributed by atoms with Crippen molar-refractivity contribution in [2.24, 2.45) is 40.2 Å². The summed E-state index contributed by atoms with van der Waals surface area (Å²) in [5, 5.41) is 55.8. The van der Waals surface area contributed by atoms with Crippen molar-refractivity contribution in [2.75, 3.05) is 6.61 Å². The number of ether oxygens (including phenoxy) is 8. The summed E-state index contributed by atoms with van der Waals surface area (Å²) >= 11 is 0. The molecule has 0 aromatic carbocycles. The van der Waals surface area contributed by atoms with Crippen molar-refractivity contribution in [3.8, 4) is 0 Å². The number of rotatable bonds is 8. The molecule has 3 saturated heterocycles. The number of amides is 1. The molecule has 8 rings (SSSR count). The van der Waals surface area contributed by atoms with Gasteiger partial charge in [0.15, 0.2) is 18.9 Å². The molecule has 4 aliphatic heterocycles. The molecule has 0 radical (unpaired) electrons. The Labute approximate surface area is 340 Å². The molecular formula is C42H65NO15. The fourth-order valence-corrected chi connectivity index (χ4v) is 13.0. The van der Waals surface area contributed by atoms with Crippen LogP contribution in [0.25, 0.3) is 0 Å². The number of hydrogen-bond donors (Lipinski definition) is 6. The minimum Gasteiger partial charge on any atom is -0.458 e. The fraction of sp³-hybridized carbons (Fsp3) is 0.905. The molecule has 21 atom stereocenters. The number of carbonyl (C=O) groups is 2. The van der Waals surface area contributed by atoms with E-state index >= 15 is 0 Å². The van der Waals surface area contributed by atoms with Crippen molar-refractivity contribution in [1.82, 2.24) is 0 Å². The van der Waals surface area contributed by atoms with Crippen molar-refractivity contribution in [2.45, 2.75) is 197 Å². The predicted molar refractivity (Wildman–Crippen MR) is 201 cm³/mol. The second kappa shape index (κ2) is 16.1. The highest BCUT2D eigenvalue weighted by molar-refractivity contribution is 5.85. The second-order valence-corrected chi connectivity index (χ2v) is 19.2. The average molecular weight is 824 g/mol. The quantitative estimate of drug-likeness (QED) is 0.152. The topological polar surface area (TPSA) is 235 Å². The Balaban J connectivity index is 0.873. The lowest BCUT2D eigenvalue weighted by atomic mass is 9.42. The van der Waals surface area contributed by atoms with E-state index in [1.807, 2.05) is 6.92 Å². The van der Waals surface area contributed by atoms with E-state index in [2.05, 4.69) is 6.92 Å². The monoisotopic (exact) mass is 823 g/mol. The Hall–Kier alpha value is -1.96. The number of fused-ring (bicyclic) bond motifs is 5. The number of hydrogen-bond acceptors (Lipinski definition) is 15. The van der Waals surface area contributed by atoms with Crippen LogP contribution in [0.3, 0.4) is 0 Å². The van der Waals surface area contributed by atoms with Gasteiger partial charge < -0.3 is 69.2 Å². The summed E-state index contributed by atoms with van der Waals surface area (Å²) in [5.74, 6) is 0.0553. The molecular weight excluding hydrogens is 758 g/mol.